The molecule has 2 aromatic rings. The lowest BCUT2D eigenvalue weighted by Gasteiger charge is -2.16. The normalized spacial score (nSPS) is 11.8. The first-order valence-corrected chi connectivity index (χ1v) is 9.40. The van der Waals surface area contributed by atoms with Crippen LogP contribution in [0.5, 0.6) is 0 Å². The molecule has 1 atom stereocenters. The number of ether oxygens (including phenoxy) is 1. The number of carbonyl (C=O) groups is 2. The van der Waals surface area contributed by atoms with Crippen molar-refractivity contribution in [3.63, 3.8) is 0 Å². The van der Waals surface area contributed by atoms with E-state index in [-0.39, 0.29) is 24.1 Å². The van der Waals surface area contributed by atoms with Crippen LogP contribution in [-0.4, -0.2) is 18.4 Å². The zero-order valence-electron chi connectivity index (χ0n) is 15.7. The molecule has 26 heavy (non-hydrogen) atoms. The van der Waals surface area contributed by atoms with E-state index in [4.69, 9.17) is 4.74 Å². The fourth-order valence-electron chi connectivity index (χ4n) is 2.91. The molecule has 1 unspecified atom stereocenters. The summed E-state index contributed by atoms with van der Waals surface area (Å²) in [5, 5.41) is 0. The molecular weight excluding hydrogens is 324 g/mol. The third-order valence-corrected chi connectivity index (χ3v) is 4.50. The van der Waals surface area contributed by atoms with E-state index in [1.165, 1.54) is 0 Å². The summed E-state index contributed by atoms with van der Waals surface area (Å²) in [6.07, 6.45) is 3.57. The standard InChI is InChI=1S/C23H28O3/c1-3-4-8-15-26-23(25)17-21(19-9-6-5-7-10-19)16-22(24)20-13-11-18(2)12-14-20/h5-7,9-14,21H,3-4,8,15-17H2,1-2H3. The average molecular weight is 352 g/mol. The van der Waals surface area contributed by atoms with Crippen LogP contribution in [0.1, 0.15) is 66.4 Å². The number of esters is 1. The number of hydrogen-bond donors (Lipinski definition) is 0. The van der Waals surface area contributed by atoms with Gasteiger partial charge in [-0.15, -0.1) is 0 Å². The molecule has 0 aromatic heterocycles. The van der Waals surface area contributed by atoms with E-state index in [0.717, 1.165) is 30.4 Å². The molecule has 3 heteroatoms. The van der Waals surface area contributed by atoms with Gasteiger partial charge in [-0.1, -0.05) is 79.9 Å². The lowest BCUT2D eigenvalue weighted by Crippen LogP contribution is -2.15. The van der Waals surface area contributed by atoms with Gasteiger partial charge in [-0.25, -0.2) is 0 Å². The highest BCUT2D eigenvalue weighted by Crippen LogP contribution is 2.26. The van der Waals surface area contributed by atoms with Crippen molar-refractivity contribution in [2.45, 2.75) is 51.9 Å². The monoisotopic (exact) mass is 352 g/mol. The molecule has 0 bridgehead atoms. The van der Waals surface area contributed by atoms with Gasteiger partial charge in [-0.2, -0.15) is 0 Å². The molecule has 0 saturated heterocycles. The van der Waals surface area contributed by atoms with E-state index in [9.17, 15) is 9.59 Å². The number of Topliss-reactive ketones (excluding diaryl/α,β-unsaturated/α-hetero) is 1. The van der Waals surface area contributed by atoms with Gasteiger partial charge in [-0.05, 0) is 18.9 Å². The van der Waals surface area contributed by atoms with Crippen LogP contribution >= 0.6 is 0 Å². The Morgan fingerprint density at radius 2 is 1.62 bits per heavy atom. The SMILES string of the molecule is CCCCCOC(=O)CC(CC(=O)c1ccc(C)cc1)c1ccccc1. The van der Waals surface area contributed by atoms with Crippen molar-refractivity contribution in [3.8, 4) is 0 Å². The summed E-state index contributed by atoms with van der Waals surface area (Å²) in [6, 6.07) is 17.3. The van der Waals surface area contributed by atoms with Crippen LogP contribution in [-0.2, 0) is 9.53 Å². The minimum atomic E-state index is -0.230. The summed E-state index contributed by atoms with van der Waals surface area (Å²) < 4.78 is 5.35. The van der Waals surface area contributed by atoms with Gasteiger partial charge in [0.1, 0.15) is 0 Å². The Balaban J connectivity index is 2.03. The maximum Gasteiger partial charge on any atom is 0.306 e. The lowest BCUT2D eigenvalue weighted by atomic mass is 9.89. The number of aryl methyl sites for hydroxylation is 1. The molecule has 0 heterocycles. The van der Waals surface area contributed by atoms with Gasteiger partial charge in [0.25, 0.3) is 0 Å². The average Bonchev–Trinajstić information content (AvgIpc) is 2.66. The molecule has 3 nitrogen and oxygen atoms in total. The molecule has 0 aliphatic carbocycles. The van der Waals surface area contributed by atoms with E-state index in [1.54, 1.807) is 0 Å². The van der Waals surface area contributed by atoms with E-state index < -0.39 is 0 Å². The van der Waals surface area contributed by atoms with Gasteiger partial charge < -0.3 is 4.74 Å². The molecule has 0 N–H and O–H groups in total. The predicted octanol–water partition coefficient (Wildman–Crippen LogP) is 5.48. The van der Waals surface area contributed by atoms with Crippen molar-refractivity contribution in [2.75, 3.05) is 6.61 Å². The molecule has 0 amide bonds. The van der Waals surface area contributed by atoms with E-state index in [1.807, 2.05) is 61.5 Å². The van der Waals surface area contributed by atoms with Crippen molar-refractivity contribution < 1.29 is 14.3 Å². The second kappa shape index (κ2) is 10.5. The topological polar surface area (TPSA) is 43.4 Å². The van der Waals surface area contributed by atoms with Crippen molar-refractivity contribution in [1.29, 1.82) is 0 Å². The first kappa shape index (κ1) is 19.9. The molecular formula is C23H28O3. The summed E-state index contributed by atoms with van der Waals surface area (Å²) in [6.45, 7) is 4.57. The first-order chi connectivity index (χ1) is 12.6. The molecule has 2 rings (SSSR count). The van der Waals surface area contributed by atoms with Crippen molar-refractivity contribution in [1.82, 2.24) is 0 Å². The van der Waals surface area contributed by atoms with Gasteiger partial charge in [0.2, 0.25) is 0 Å². The minimum Gasteiger partial charge on any atom is -0.466 e. The quantitative estimate of drug-likeness (QED) is 0.323. The van der Waals surface area contributed by atoms with Gasteiger partial charge in [0.05, 0.1) is 13.0 Å². The number of unbranched alkanes of at least 4 members (excludes halogenated alkanes) is 2. The van der Waals surface area contributed by atoms with Crippen LogP contribution in [0.4, 0.5) is 0 Å². The Hall–Kier alpha value is -2.42. The van der Waals surface area contributed by atoms with E-state index in [2.05, 4.69) is 6.92 Å². The maximum atomic E-state index is 12.7. The van der Waals surface area contributed by atoms with Crippen LogP contribution in [0.25, 0.3) is 0 Å². The highest BCUT2D eigenvalue weighted by Gasteiger charge is 2.21. The van der Waals surface area contributed by atoms with E-state index in [0.29, 0.717) is 18.6 Å². The molecule has 0 saturated carbocycles. The smallest absolute Gasteiger partial charge is 0.306 e. The molecule has 0 fully saturated rings. The first-order valence-electron chi connectivity index (χ1n) is 9.40. The maximum absolute atomic E-state index is 12.7. The Morgan fingerprint density at radius 3 is 2.27 bits per heavy atom. The Labute approximate surface area is 156 Å². The van der Waals surface area contributed by atoms with Gasteiger partial charge in [0, 0.05) is 17.9 Å². The fourth-order valence-corrected chi connectivity index (χ4v) is 2.91. The fraction of sp³-hybridized carbons (Fsp3) is 0.391. The Morgan fingerprint density at radius 1 is 0.923 bits per heavy atom. The molecule has 0 aliphatic heterocycles. The summed E-state index contributed by atoms with van der Waals surface area (Å²) in [7, 11) is 0. The van der Waals surface area contributed by atoms with Crippen LogP contribution in [0.15, 0.2) is 54.6 Å². The minimum absolute atomic E-state index is 0.0534. The van der Waals surface area contributed by atoms with Crippen LogP contribution in [0.2, 0.25) is 0 Å². The summed E-state index contributed by atoms with van der Waals surface area (Å²) in [5.74, 6) is -0.340. The number of rotatable bonds is 10. The largest absolute Gasteiger partial charge is 0.466 e. The summed E-state index contributed by atoms with van der Waals surface area (Å²) in [4.78, 5) is 24.9. The third-order valence-electron chi connectivity index (χ3n) is 4.50. The van der Waals surface area contributed by atoms with Gasteiger partial charge in [-0.3, -0.25) is 9.59 Å². The Kier molecular flexibility index (Phi) is 8.07. The number of hydrogen-bond acceptors (Lipinski definition) is 3. The Bertz CT molecular complexity index is 689. The highest BCUT2D eigenvalue weighted by molar-refractivity contribution is 5.96. The highest BCUT2D eigenvalue weighted by atomic mass is 16.5. The van der Waals surface area contributed by atoms with E-state index >= 15 is 0 Å². The number of benzene rings is 2. The lowest BCUT2D eigenvalue weighted by molar-refractivity contribution is -0.144. The second-order valence-electron chi connectivity index (χ2n) is 6.73. The predicted molar refractivity (Wildman–Crippen MR) is 104 cm³/mol. The van der Waals surface area contributed by atoms with Crippen molar-refractivity contribution in [2.24, 2.45) is 0 Å². The molecule has 2 aromatic carbocycles. The van der Waals surface area contributed by atoms with Crippen LogP contribution < -0.4 is 0 Å². The zero-order chi connectivity index (χ0) is 18.8. The molecule has 0 radical (unpaired) electrons. The van der Waals surface area contributed by atoms with Crippen LogP contribution in [0, 0.1) is 6.92 Å². The third kappa shape index (κ3) is 6.47. The van der Waals surface area contributed by atoms with Crippen molar-refractivity contribution >= 4 is 11.8 Å². The van der Waals surface area contributed by atoms with Crippen molar-refractivity contribution in [3.05, 3.63) is 71.3 Å². The van der Waals surface area contributed by atoms with Crippen LogP contribution in [0.3, 0.4) is 0 Å². The molecule has 0 aliphatic rings. The zero-order valence-corrected chi connectivity index (χ0v) is 15.7. The molecule has 0 spiro atoms. The number of carbonyl (C=O) groups excluding carboxylic acids is 2. The summed E-state index contributed by atoms with van der Waals surface area (Å²) in [5.41, 5.74) is 2.81. The summed E-state index contributed by atoms with van der Waals surface area (Å²) >= 11 is 0. The molecule has 138 valence electrons. The number of ketones is 1. The second-order valence-corrected chi connectivity index (χ2v) is 6.73. The van der Waals surface area contributed by atoms with Gasteiger partial charge in [0.15, 0.2) is 5.78 Å². The van der Waals surface area contributed by atoms with Gasteiger partial charge >= 0.3 is 5.97 Å².